The largest absolute Gasteiger partial charge is 0.462 e. The molecule has 0 atom stereocenters. The number of amides is 2. The van der Waals surface area contributed by atoms with E-state index in [0.29, 0.717) is 16.1 Å². The summed E-state index contributed by atoms with van der Waals surface area (Å²) in [6.45, 7) is 1.99. The predicted molar refractivity (Wildman–Crippen MR) is 110 cm³/mol. The third-order valence-electron chi connectivity index (χ3n) is 4.34. The number of hydrogen-bond acceptors (Lipinski definition) is 7. The number of non-ortho nitro benzene ring substituents is 1. The van der Waals surface area contributed by atoms with Crippen molar-refractivity contribution in [2.75, 3.05) is 11.9 Å². The summed E-state index contributed by atoms with van der Waals surface area (Å²) in [6, 6.07) is 5.25. The maximum Gasteiger partial charge on any atom is 0.341 e. The van der Waals surface area contributed by atoms with Crippen LogP contribution in [0.4, 0.5) is 15.5 Å². The number of carbonyl (C=O) groups excluding carboxylic acids is 2. The Kier molecular flexibility index (Phi) is 6.55. The second-order valence-corrected chi connectivity index (χ2v) is 7.42. The number of rotatable bonds is 6. The molecule has 10 heteroatoms. The van der Waals surface area contributed by atoms with Gasteiger partial charge in [-0.05, 0) is 38.2 Å². The Labute approximate surface area is 170 Å². The lowest BCUT2D eigenvalue weighted by Gasteiger charge is -2.12. The molecule has 1 aliphatic rings. The molecule has 0 spiro atoms. The molecule has 152 valence electrons. The van der Waals surface area contributed by atoms with E-state index >= 15 is 0 Å². The quantitative estimate of drug-likeness (QED) is 0.320. The lowest BCUT2D eigenvalue weighted by molar-refractivity contribution is -0.384. The van der Waals surface area contributed by atoms with Gasteiger partial charge in [-0.15, -0.1) is 11.3 Å². The zero-order valence-electron chi connectivity index (χ0n) is 15.8. The molecule has 1 aromatic carbocycles. The molecule has 0 saturated heterocycles. The average Bonchev–Trinajstić information content (AvgIpc) is 3.06. The fourth-order valence-corrected chi connectivity index (χ4v) is 4.36. The Bertz CT molecular complexity index is 970. The molecule has 2 aromatic rings. The Morgan fingerprint density at radius 3 is 2.90 bits per heavy atom. The number of nitrogens with zero attached hydrogens (tertiary/aromatic N) is 2. The second-order valence-electron chi connectivity index (χ2n) is 6.31. The minimum Gasteiger partial charge on any atom is -0.462 e. The van der Waals surface area contributed by atoms with Gasteiger partial charge in [0.2, 0.25) is 0 Å². The van der Waals surface area contributed by atoms with E-state index in [1.54, 1.807) is 13.0 Å². The maximum absolute atomic E-state index is 12.4. The van der Waals surface area contributed by atoms with Crippen LogP contribution in [0.1, 0.15) is 46.1 Å². The number of nitro benzene ring substituents is 1. The van der Waals surface area contributed by atoms with Crippen molar-refractivity contribution in [3.63, 3.8) is 0 Å². The van der Waals surface area contributed by atoms with Crippen LogP contribution in [-0.2, 0) is 17.6 Å². The molecule has 0 bridgehead atoms. The Morgan fingerprint density at radius 2 is 2.14 bits per heavy atom. The number of thiophene rings is 1. The number of anilines is 1. The van der Waals surface area contributed by atoms with Gasteiger partial charge in [-0.25, -0.2) is 15.0 Å². The number of nitrogens with one attached hydrogen (secondary N) is 2. The Balaban J connectivity index is 1.70. The third kappa shape index (κ3) is 4.96. The molecule has 2 amide bonds. The third-order valence-corrected chi connectivity index (χ3v) is 5.55. The predicted octanol–water partition coefficient (Wildman–Crippen LogP) is 3.87. The number of aryl methyl sites for hydroxylation is 1. The summed E-state index contributed by atoms with van der Waals surface area (Å²) in [6.07, 6.45) is 5.01. The van der Waals surface area contributed by atoms with E-state index in [2.05, 4.69) is 15.8 Å². The fraction of sp³-hybridized carbons (Fsp3) is 0.316. The van der Waals surface area contributed by atoms with Crippen molar-refractivity contribution in [2.24, 2.45) is 5.10 Å². The van der Waals surface area contributed by atoms with Crippen LogP contribution in [0.2, 0.25) is 0 Å². The van der Waals surface area contributed by atoms with Crippen LogP contribution in [-0.4, -0.2) is 29.7 Å². The first kappa shape index (κ1) is 20.5. The summed E-state index contributed by atoms with van der Waals surface area (Å²) >= 11 is 1.38. The van der Waals surface area contributed by atoms with Crippen LogP contribution < -0.4 is 10.7 Å². The van der Waals surface area contributed by atoms with Gasteiger partial charge in [0.1, 0.15) is 5.00 Å². The highest BCUT2D eigenvalue weighted by Crippen LogP contribution is 2.38. The number of esters is 1. The summed E-state index contributed by atoms with van der Waals surface area (Å²) in [4.78, 5) is 36.0. The van der Waals surface area contributed by atoms with Crippen LogP contribution in [0.5, 0.6) is 0 Å². The molecule has 0 radical (unpaired) electrons. The number of hydrogen-bond donors (Lipinski definition) is 2. The van der Waals surface area contributed by atoms with Crippen molar-refractivity contribution in [3.05, 3.63) is 55.9 Å². The molecule has 29 heavy (non-hydrogen) atoms. The maximum atomic E-state index is 12.4. The minimum atomic E-state index is -0.615. The highest BCUT2D eigenvalue weighted by atomic mass is 32.1. The van der Waals surface area contributed by atoms with Crippen molar-refractivity contribution >= 4 is 40.2 Å². The van der Waals surface area contributed by atoms with Crippen molar-refractivity contribution in [1.82, 2.24) is 5.43 Å². The Morgan fingerprint density at radius 1 is 1.34 bits per heavy atom. The molecule has 1 aliphatic carbocycles. The van der Waals surface area contributed by atoms with Crippen molar-refractivity contribution in [1.29, 1.82) is 0 Å². The first-order valence-electron chi connectivity index (χ1n) is 9.15. The fourth-order valence-electron chi connectivity index (χ4n) is 3.09. The first-order chi connectivity index (χ1) is 14.0. The van der Waals surface area contributed by atoms with Gasteiger partial charge in [-0.1, -0.05) is 12.1 Å². The van der Waals surface area contributed by atoms with E-state index in [-0.39, 0.29) is 12.3 Å². The first-order valence-corrected chi connectivity index (χ1v) is 9.97. The molecular formula is C19H20N4O5S. The second kappa shape index (κ2) is 9.28. The van der Waals surface area contributed by atoms with Crippen molar-refractivity contribution in [2.45, 2.75) is 32.6 Å². The standard InChI is InChI=1S/C19H20N4O5S/c1-2-28-18(24)16-14-8-3-4-9-15(14)29-17(16)21-19(25)22-20-11-12-6-5-7-13(10-12)23(26)27/h5-7,10-11H,2-4,8-9H2,1H3,(H2,21,22,25). The number of nitro groups is 1. The van der Waals surface area contributed by atoms with E-state index in [1.165, 1.54) is 35.8 Å². The van der Waals surface area contributed by atoms with E-state index in [1.807, 2.05) is 0 Å². The summed E-state index contributed by atoms with van der Waals surface area (Å²) in [7, 11) is 0. The van der Waals surface area contributed by atoms with Crippen LogP contribution in [0.3, 0.4) is 0 Å². The van der Waals surface area contributed by atoms with E-state index < -0.39 is 16.9 Å². The number of hydrazone groups is 1. The molecule has 1 aromatic heterocycles. The lowest BCUT2D eigenvalue weighted by atomic mass is 9.95. The van der Waals surface area contributed by atoms with Gasteiger partial charge in [0.25, 0.3) is 5.69 Å². The molecule has 1 heterocycles. The van der Waals surface area contributed by atoms with Crippen LogP contribution >= 0.6 is 11.3 Å². The Hall–Kier alpha value is -3.27. The molecule has 0 fully saturated rings. The van der Waals surface area contributed by atoms with Gasteiger partial charge < -0.3 is 4.74 Å². The van der Waals surface area contributed by atoms with Crippen molar-refractivity contribution in [3.8, 4) is 0 Å². The summed E-state index contributed by atoms with van der Waals surface area (Å²) in [5, 5.41) is 17.7. The zero-order chi connectivity index (χ0) is 20.8. The number of benzene rings is 1. The molecule has 9 nitrogen and oxygen atoms in total. The SMILES string of the molecule is CCOC(=O)c1c(NC(=O)NN=Cc2cccc([N+](=O)[O-])c2)sc2c1CCCC2. The number of urea groups is 1. The van der Waals surface area contributed by atoms with E-state index in [4.69, 9.17) is 4.74 Å². The zero-order valence-corrected chi connectivity index (χ0v) is 16.6. The lowest BCUT2D eigenvalue weighted by Crippen LogP contribution is -2.25. The highest BCUT2D eigenvalue weighted by molar-refractivity contribution is 7.17. The molecule has 0 aliphatic heterocycles. The van der Waals surface area contributed by atoms with Crippen LogP contribution in [0.15, 0.2) is 29.4 Å². The van der Waals surface area contributed by atoms with Gasteiger partial charge in [0.15, 0.2) is 0 Å². The van der Waals surface area contributed by atoms with E-state index in [0.717, 1.165) is 36.1 Å². The smallest absolute Gasteiger partial charge is 0.341 e. The average molecular weight is 416 g/mol. The highest BCUT2D eigenvalue weighted by Gasteiger charge is 2.27. The topological polar surface area (TPSA) is 123 Å². The van der Waals surface area contributed by atoms with Gasteiger partial charge in [0, 0.05) is 22.6 Å². The normalized spacial score (nSPS) is 13.0. The summed E-state index contributed by atoms with van der Waals surface area (Å²) in [5.41, 5.74) is 4.09. The summed E-state index contributed by atoms with van der Waals surface area (Å²) in [5.74, 6) is -0.442. The summed E-state index contributed by atoms with van der Waals surface area (Å²) < 4.78 is 5.16. The van der Waals surface area contributed by atoms with Crippen LogP contribution in [0, 0.1) is 10.1 Å². The van der Waals surface area contributed by atoms with Gasteiger partial charge in [-0.3, -0.25) is 15.4 Å². The molecular weight excluding hydrogens is 396 g/mol. The molecule has 0 unspecified atom stereocenters. The van der Waals surface area contributed by atoms with Gasteiger partial charge in [-0.2, -0.15) is 5.10 Å². The number of carbonyl (C=O) groups is 2. The monoisotopic (exact) mass is 416 g/mol. The molecule has 2 N–H and O–H groups in total. The molecule has 3 rings (SSSR count). The number of fused-ring (bicyclic) bond motifs is 1. The van der Waals surface area contributed by atoms with Crippen molar-refractivity contribution < 1.29 is 19.2 Å². The van der Waals surface area contributed by atoms with Gasteiger partial charge >= 0.3 is 12.0 Å². The van der Waals surface area contributed by atoms with Crippen LogP contribution in [0.25, 0.3) is 0 Å². The number of ether oxygens (including phenoxy) is 1. The minimum absolute atomic E-state index is 0.0679. The molecule has 0 saturated carbocycles. The van der Waals surface area contributed by atoms with Gasteiger partial charge in [0.05, 0.1) is 23.3 Å². The van der Waals surface area contributed by atoms with E-state index in [9.17, 15) is 19.7 Å².